The maximum Gasteiger partial charge on any atom is 0.255 e. The first kappa shape index (κ1) is 15.0. The van der Waals surface area contributed by atoms with E-state index < -0.39 is 0 Å². The number of hydrogen-bond acceptors (Lipinski definition) is 5. The Morgan fingerprint density at radius 3 is 2.85 bits per heavy atom. The van der Waals surface area contributed by atoms with Crippen LogP contribution >= 0.6 is 11.6 Å². The third kappa shape index (κ3) is 3.20. The van der Waals surface area contributed by atoms with Gasteiger partial charge in [-0.25, -0.2) is 10.8 Å². The van der Waals surface area contributed by atoms with Crippen molar-refractivity contribution in [2.75, 3.05) is 18.6 Å². The summed E-state index contributed by atoms with van der Waals surface area (Å²) in [7, 11) is 0. The molecule has 0 unspecified atom stereocenters. The summed E-state index contributed by atoms with van der Waals surface area (Å²) in [6.07, 6.45) is 5.21. The lowest BCUT2D eigenvalue weighted by Gasteiger charge is -2.37. The molecule has 1 aromatic heterocycles. The number of carbonyl (C=O) groups is 1. The van der Waals surface area contributed by atoms with E-state index in [4.69, 9.17) is 22.6 Å². The summed E-state index contributed by atoms with van der Waals surface area (Å²) < 4.78 is 0. The van der Waals surface area contributed by atoms with Gasteiger partial charge in [0.15, 0.2) is 5.82 Å². The van der Waals surface area contributed by atoms with Crippen molar-refractivity contribution in [3.63, 3.8) is 0 Å². The van der Waals surface area contributed by atoms with Crippen LogP contribution in [0.5, 0.6) is 0 Å². The minimum Gasteiger partial charge on any atom is -0.396 e. The van der Waals surface area contributed by atoms with Gasteiger partial charge in [-0.1, -0.05) is 11.6 Å². The summed E-state index contributed by atoms with van der Waals surface area (Å²) in [5.74, 6) is 5.51. The number of amides is 1. The number of carbonyl (C=O) groups excluding carboxylic acids is 1. The van der Waals surface area contributed by atoms with Gasteiger partial charge >= 0.3 is 0 Å². The van der Waals surface area contributed by atoms with E-state index in [1.54, 1.807) is 6.07 Å². The number of halogens is 1. The van der Waals surface area contributed by atoms with Gasteiger partial charge in [0.25, 0.3) is 5.91 Å². The minimum atomic E-state index is -0.0962. The lowest BCUT2D eigenvalue weighted by atomic mass is 9.91. The molecular formula is C13H19ClN4O2. The number of aliphatic hydroxyl groups excluding tert-OH is 1. The number of nitrogens with zero attached hydrogens (tertiary/aromatic N) is 2. The van der Waals surface area contributed by atoms with Gasteiger partial charge in [-0.3, -0.25) is 4.79 Å². The Morgan fingerprint density at radius 2 is 2.35 bits per heavy atom. The molecule has 0 spiro atoms. The van der Waals surface area contributed by atoms with E-state index in [-0.39, 0.29) is 18.6 Å². The maximum absolute atomic E-state index is 12.5. The molecule has 2 rings (SSSR count). The number of nitrogen functional groups attached to an aromatic ring is 1. The van der Waals surface area contributed by atoms with Crippen LogP contribution in [0.3, 0.4) is 0 Å². The van der Waals surface area contributed by atoms with Crippen LogP contribution in [0, 0.1) is 0 Å². The second-order valence-corrected chi connectivity index (χ2v) is 5.27. The molecular weight excluding hydrogens is 280 g/mol. The Bertz CT molecular complexity index is 479. The van der Waals surface area contributed by atoms with Crippen LogP contribution in [0.2, 0.25) is 5.02 Å². The summed E-state index contributed by atoms with van der Waals surface area (Å²) in [4.78, 5) is 18.4. The maximum atomic E-state index is 12.5. The smallest absolute Gasteiger partial charge is 0.255 e. The van der Waals surface area contributed by atoms with Crippen molar-refractivity contribution < 1.29 is 9.90 Å². The Morgan fingerprint density at radius 1 is 1.60 bits per heavy atom. The van der Waals surface area contributed by atoms with Crippen LogP contribution in [-0.2, 0) is 0 Å². The molecule has 1 aliphatic rings. The average molecular weight is 299 g/mol. The quantitative estimate of drug-likeness (QED) is 0.545. The number of anilines is 1. The van der Waals surface area contributed by atoms with E-state index >= 15 is 0 Å². The summed E-state index contributed by atoms with van der Waals surface area (Å²) in [6, 6.07) is 1.83. The molecule has 0 radical (unpaired) electrons. The fourth-order valence-corrected chi connectivity index (χ4v) is 2.44. The molecule has 110 valence electrons. The molecule has 1 aromatic rings. The van der Waals surface area contributed by atoms with Gasteiger partial charge in [0.1, 0.15) is 0 Å². The first-order chi connectivity index (χ1) is 9.67. The average Bonchev–Trinajstić information content (AvgIpc) is 2.40. The minimum absolute atomic E-state index is 0.0749. The zero-order valence-electron chi connectivity index (χ0n) is 11.2. The van der Waals surface area contributed by atoms with E-state index in [2.05, 4.69) is 10.4 Å². The van der Waals surface area contributed by atoms with E-state index in [0.717, 1.165) is 19.3 Å². The van der Waals surface area contributed by atoms with E-state index in [9.17, 15) is 4.79 Å². The Balaban J connectivity index is 2.15. The molecule has 0 aliphatic heterocycles. The van der Waals surface area contributed by atoms with E-state index in [1.807, 2.05) is 4.90 Å². The largest absolute Gasteiger partial charge is 0.396 e. The van der Waals surface area contributed by atoms with Gasteiger partial charge in [-0.15, -0.1) is 0 Å². The third-order valence-corrected chi connectivity index (χ3v) is 3.85. The number of aliphatic hydroxyl groups is 1. The van der Waals surface area contributed by atoms with Crippen molar-refractivity contribution >= 4 is 23.3 Å². The van der Waals surface area contributed by atoms with Gasteiger partial charge in [0, 0.05) is 25.4 Å². The second-order valence-electron chi connectivity index (χ2n) is 4.86. The molecule has 1 fully saturated rings. The second kappa shape index (κ2) is 6.88. The van der Waals surface area contributed by atoms with Crippen molar-refractivity contribution in [3.8, 4) is 0 Å². The lowest BCUT2D eigenvalue weighted by molar-refractivity contribution is 0.0562. The summed E-state index contributed by atoms with van der Waals surface area (Å²) >= 11 is 5.99. The normalized spacial score (nSPS) is 14.8. The van der Waals surface area contributed by atoms with Crippen LogP contribution in [0.1, 0.15) is 36.0 Å². The molecule has 1 aliphatic carbocycles. The molecule has 6 nitrogen and oxygen atoms in total. The number of pyridine rings is 1. The zero-order chi connectivity index (χ0) is 14.5. The fraction of sp³-hybridized carbons (Fsp3) is 0.538. The first-order valence-corrected chi connectivity index (χ1v) is 7.09. The highest BCUT2D eigenvalue weighted by Crippen LogP contribution is 2.27. The molecule has 1 heterocycles. The third-order valence-electron chi connectivity index (χ3n) is 3.56. The molecule has 20 heavy (non-hydrogen) atoms. The lowest BCUT2D eigenvalue weighted by Crippen LogP contribution is -2.45. The molecule has 0 aromatic carbocycles. The van der Waals surface area contributed by atoms with Gasteiger partial charge in [0.05, 0.1) is 10.6 Å². The standard InChI is InChI=1S/C13H19ClN4O2/c14-11-7-9(8-16-12(11)17-15)13(20)18(5-2-6-19)10-3-1-4-10/h7-8,10,19H,1-6,15H2,(H,16,17). The van der Waals surface area contributed by atoms with Crippen molar-refractivity contribution in [1.82, 2.24) is 9.88 Å². The number of nitrogens with one attached hydrogen (secondary N) is 1. The molecule has 0 atom stereocenters. The number of aromatic nitrogens is 1. The zero-order valence-corrected chi connectivity index (χ0v) is 11.9. The monoisotopic (exact) mass is 298 g/mol. The van der Waals surface area contributed by atoms with Crippen LogP contribution in [-0.4, -0.2) is 40.1 Å². The predicted octanol–water partition coefficient (Wildman–Crippen LogP) is 1.40. The number of hydrogen-bond donors (Lipinski definition) is 3. The molecule has 4 N–H and O–H groups in total. The molecule has 1 amide bonds. The Hall–Kier alpha value is -1.37. The highest BCUT2D eigenvalue weighted by atomic mass is 35.5. The van der Waals surface area contributed by atoms with Crippen LogP contribution in [0.4, 0.5) is 5.82 Å². The van der Waals surface area contributed by atoms with E-state index in [1.165, 1.54) is 6.20 Å². The van der Waals surface area contributed by atoms with Crippen LogP contribution in [0.25, 0.3) is 0 Å². The summed E-state index contributed by atoms with van der Waals surface area (Å²) in [6.45, 7) is 0.625. The SMILES string of the molecule is NNc1ncc(C(=O)N(CCCO)C2CCC2)cc1Cl. The highest BCUT2D eigenvalue weighted by Gasteiger charge is 2.29. The number of nitrogens with two attached hydrogens (primary N) is 1. The van der Waals surface area contributed by atoms with Gasteiger partial charge in [-0.05, 0) is 31.7 Å². The highest BCUT2D eigenvalue weighted by molar-refractivity contribution is 6.33. The molecule has 1 saturated carbocycles. The summed E-state index contributed by atoms with van der Waals surface area (Å²) in [5, 5.41) is 9.27. The first-order valence-electron chi connectivity index (χ1n) is 6.71. The van der Waals surface area contributed by atoms with Gasteiger partial charge in [0.2, 0.25) is 0 Å². The van der Waals surface area contributed by atoms with Gasteiger partial charge < -0.3 is 15.4 Å². The Labute approximate surface area is 122 Å². The van der Waals surface area contributed by atoms with Crippen molar-refractivity contribution in [2.45, 2.75) is 31.7 Å². The van der Waals surface area contributed by atoms with Crippen molar-refractivity contribution in [1.29, 1.82) is 0 Å². The van der Waals surface area contributed by atoms with Gasteiger partial charge in [-0.2, -0.15) is 0 Å². The van der Waals surface area contributed by atoms with Crippen molar-refractivity contribution in [2.24, 2.45) is 5.84 Å². The summed E-state index contributed by atoms with van der Waals surface area (Å²) in [5.41, 5.74) is 2.81. The molecule has 0 saturated heterocycles. The van der Waals surface area contributed by atoms with Crippen LogP contribution < -0.4 is 11.3 Å². The number of rotatable bonds is 6. The van der Waals surface area contributed by atoms with Crippen molar-refractivity contribution in [3.05, 3.63) is 22.8 Å². The molecule has 0 bridgehead atoms. The molecule has 7 heteroatoms. The predicted molar refractivity (Wildman–Crippen MR) is 77.4 cm³/mol. The fourth-order valence-electron chi connectivity index (χ4n) is 2.22. The number of hydrazine groups is 1. The van der Waals surface area contributed by atoms with E-state index in [0.29, 0.717) is 29.4 Å². The van der Waals surface area contributed by atoms with Crippen LogP contribution in [0.15, 0.2) is 12.3 Å². The topological polar surface area (TPSA) is 91.5 Å². The Kier molecular flexibility index (Phi) is 5.17.